The number of aryl methyl sites for hydroxylation is 1. The van der Waals surface area contributed by atoms with Gasteiger partial charge in [0.1, 0.15) is 11.5 Å². The molecule has 0 radical (unpaired) electrons. The molecule has 0 N–H and O–H groups in total. The molecular weight excluding hydrogens is 192 g/mol. The van der Waals surface area contributed by atoms with Gasteiger partial charge >= 0.3 is 6.21 Å². The Morgan fingerprint density at radius 2 is 2.27 bits per heavy atom. The largest absolute Gasteiger partial charge is 0.466 e. The molecule has 0 fully saturated rings. The van der Waals surface area contributed by atoms with Crippen molar-refractivity contribution in [3.8, 4) is 0 Å². The van der Waals surface area contributed by atoms with Crippen molar-refractivity contribution < 1.29 is 14.0 Å². The van der Waals surface area contributed by atoms with E-state index in [1.807, 2.05) is 32.9 Å². The molecule has 1 heterocycles. The summed E-state index contributed by atoms with van der Waals surface area (Å²) in [6.45, 7) is 5.68. The molecule has 15 heavy (non-hydrogen) atoms. The maximum atomic E-state index is 11.3. The summed E-state index contributed by atoms with van der Waals surface area (Å²) >= 11 is 0. The van der Waals surface area contributed by atoms with Crippen molar-refractivity contribution in [3.05, 3.63) is 29.2 Å². The molecule has 4 heteroatoms. The highest BCUT2D eigenvalue weighted by Gasteiger charge is 2.27. The standard InChI is InChI=1S/C11H14N2O2/c1-8-4-5-10(15-8)11(2,3)6-9(14)7-13-12/h4-5,7H,6H2,1-3H3. The molecule has 0 saturated heterocycles. The number of carbonyl (C=O) groups excluding carboxylic acids is 1. The van der Waals surface area contributed by atoms with Crippen LogP contribution in [0.5, 0.6) is 0 Å². The van der Waals surface area contributed by atoms with Crippen LogP contribution in [0.15, 0.2) is 16.5 Å². The number of hydrogen-bond acceptors (Lipinski definition) is 2. The lowest BCUT2D eigenvalue weighted by Crippen LogP contribution is -2.22. The van der Waals surface area contributed by atoms with Crippen LogP contribution in [0.3, 0.4) is 0 Å². The van der Waals surface area contributed by atoms with E-state index in [0.717, 1.165) is 17.7 Å². The molecule has 0 atom stereocenters. The third kappa shape index (κ3) is 2.89. The quantitative estimate of drug-likeness (QED) is 0.430. The zero-order chi connectivity index (χ0) is 11.5. The normalized spacial score (nSPS) is 10.9. The van der Waals surface area contributed by atoms with E-state index < -0.39 is 0 Å². The fraction of sp³-hybridized carbons (Fsp3) is 0.455. The topological polar surface area (TPSA) is 66.6 Å². The number of nitrogens with zero attached hydrogens (tertiary/aromatic N) is 2. The van der Waals surface area contributed by atoms with Gasteiger partial charge in [-0.1, -0.05) is 13.8 Å². The summed E-state index contributed by atoms with van der Waals surface area (Å²) in [5.74, 6) is 1.36. The van der Waals surface area contributed by atoms with Crippen LogP contribution in [0.2, 0.25) is 0 Å². The SMILES string of the molecule is Cc1ccc(C(C)(C)CC(=O)C=[N+]=[N-])o1. The first-order chi connectivity index (χ1) is 6.95. The average molecular weight is 206 g/mol. The van der Waals surface area contributed by atoms with E-state index in [9.17, 15) is 4.79 Å². The third-order valence-corrected chi connectivity index (χ3v) is 2.23. The minimum Gasteiger partial charge on any atom is -0.466 e. The maximum absolute atomic E-state index is 11.3. The summed E-state index contributed by atoms with van der Waals surface area (Å²) in [7, 11) is 0. The van der Waals surface area contributed by atoms with Crippen molar-refractivity contribution in [1.29, 1.82) is 0 Å². The summed E-state index contributed by atoms with van der Waals surface area (Å²) in [5.41, 5.74) is 7.85. The van der Waals surface area contributed by atoms with Gasteiger partial charge in [-0.05, 0) is 19.1 Å². The zero-order valence-corrected chi connectivity index (χ0v) is 9.15. The summed E-state index contributed by atoms with van der Waals surface area (Å²) in [5, 5.41) is 0. The molecule has 0 saturated carbocycles. The molecule has 80 valence electrons. The molecule has 0 unspecified atom stereocenters. The molecule has 0 aromatic carbocycles. The molecule has 0 amide bonds. The first kappa shape index (κ1) is 11.4. The van der Waals surface area contributed by atoms with Gasteiger partial charge in [0, 0.05) is 11.8 Å². The highest BCUT2D eigenvalue weighted by Crippen LogP contribution is 2.28. The van der Waals surface area contributed by atoms with Crippen molar-refractivity contribution in [3.63, 3.8) is 0 Å². The van der Waals surface area contributed by atoms with Crippen LogP contribution in [0.4, 0.5) is 0 Å². The van der Waals surface area contributed by atoms with Gasteiger partial charge in [-0.25, -0.2) is 0 Å². The van der Waals surface area contributed by atoms with Crippen molar-refractivity contribution in [2.45, 2.75) is 32.6 Å². The summed E-state index contributed by atoms with van der Waals surface area (Å²) in [4.78, 5) is 14.0. The van der Waals surface area contributed by atoms with Crippen molar-refractivity contribution in [2.75, 3.05) is 0 Å². The molecular formula is C11H14N2O2. The molecule has 0 aliphatic carbocycles. The van der Waals surface area contributed by atoms with Crippen LogP contribution in [-0.4, -0.2) is 16.8 Å². The second kappa shape index (κ2) is 4.24. The number of carbonyl (C=O) groups is 1. The lowest BCUT2D eigenvalue weighted by molar-refractivity contribution is -0.117. The Bertz CT molecular complexity index is 412. The van der Waals surface area contributed by atoms with Crippen molar-refractivity contribution in [2.24, 2.45) is 0 Å². The van der Waals surface area contributed by atoms with Crippen LogP contribution >= 0.6 is 0 Å². The second-order valence-corrected chi connectivity index (χ2v) is 4.18. The Labute approximate surface area is 88.5 Å². The molecule has 0 bridgehead atoms. The molecule has 0 spiro atoms. The van der Waals surface area contributed by atoms with E-state index in [-0.39, 0.29) is 17.6 Å². The highest BCUT2D eigenvalue weighted by atomic mass is 16.3. The van der Waals surface area contributed by atoms with Gasteiger partial charge in [0.05, 0.1) is 0 Å². The fourth-order valence-corrected chi connectivity index (χ4v) is 1.43. The summed E-state index contributed by atoms with van der Waals surface area (Å²) in [6.07, 6.45) is 1.17. The predicted molar refractivity (Wildman–Crippen MR) is 55.8 cm³/mol. The molecule has 1 aromatic heterocycles. The highest BCUT2D eigenvalue weighted by molar-refractivity contribution is 6.25. The minimum atomic E-state index is -0.382. The van der Waals surface area contributed by atoms with E-state index in [2.05, 4.69) is 4.79 Å². The van der Waals surface area contributed by atoms with Crippen LogP contribution in [0, 0.1) is 6.92 Å². The van der Waals surface area contributed by atoms with Gasteiger partial charge < -0.3 is 9.95 Å². The fourth-order valence-electron chi connectivity index (χ4n) is 1.43. The monoisotopic (exact) mass is 206 g/mol. The van der Waals surface area contributed by atoms with Crippen molar-refractivity contribution >= 4 is 12.0 Å². The average Bonchev–Trinajstić information content (AvgIpc) is 2.51. The van der Waals surface area contributed by atoms with Crippen LogP contribution in [0.25, 0.3) is 5.53 Å². The van der Waals surface area contributed by atoms with Gasteiger partial charge in [0.15, 0.2) is 0 Å². The maximum Gasteiger partial charge on any atom is 0.323 e. The number of rotatable bonds is 4. The van der Waals surface area contributed by atoms with Gasteiger partial charge in [-0.3, -0.25) is 4.79 Å². The second-order valence-electron chi connectivity index (χ2n) is 4.18. The van der Waals surface area contributed by atoms with E-state index in [4.69, 9.17) is 9.95 Å². The minimum absolute atomic E-state index is 0.225. The Morgan fingerprint density at radius 1 is 1.60 bits per heavy atom. The van der Waals surface area contributed by atoms with Gasteiger partial charge in [0.25, 0.3) is 0 Å². The lowest BCUT2D eigenvalue weighted by Gasteiger charge is -2.19. The molecule has 1 aromatic rings. The Balaban J connectivity index is 2.83. The van der Waals surface area contributed by atoms with E-state index in [1.54, 1.807) is 0 Å². The molecule has 4 nitrogen and oxygen atoms in total. The first-order valence-electron chi connectivity index (χ1n) is 4.73. The summed E-state index contributed by atoms with van der Waals surface area (Å²) in [6, 6.07) is 3.72. The van der Waals surface area contributed by atoms with E-state index in [0.29, 0.717) is 0 Å². The zero-order valence-electron chi connectivity index (χ0n) is 9.15. The smallest absolute Gasteiger partial charge is 0.323 e. The Morgan fingerprint density at radius 3 is 2.73 bits per heavy atom. The number of Topliss-reactive ketones (excluding diaryl/α,β-unsaturated/α-hetero) is 1. The van der Waals surface area contributed by atoms with Crippen molar-refractivity contribution in [1.82, 2.24) is 0 Å². The van der Waals surface area contributed by atoms with Crippen LogP contribution < -0.4 is 0 Å². The number of hydrogen-bond donors (Lipinski definition) is 0. The molecule has 0 aliphatic rings. The van der Waals surface area contributed by atoms with E-state index >= 15 is 0 Å². The molecule has 0 aliphatic heterocycles. The van der Waals surface area contributed by atoms with Crippen LogP contribution in [0.1, 0.15) is 31.8 Å². The Hall–Kier alpha value is -1.67. The van der Waals surface area contributed by atoms with Gasteiger partial charge in [0.2, 0.25) is 5.78 Å². The number of furan rings is 1. The third-order valence-electron chi connectivity index (χ3n) is 2.23. The first-order valence-corrected chi connectivity index (χ1v) is 4.73. The van der Waals surface area contributed by atoms with Crippen LogP contribution in [-0.2, 0) is 10.2 Å². The summed E-state index contributed by atoms with van der Waals surface area (Å²) < 4.78 is 5.47. The number of ketones is 1. The van der Waals surface area contributed by atoms with Gasteiger partial charge in [-0.2, -0.15) is 4.79 Å². The Kier molecular flexibility index (Phi) is 3.22. The lowest BCUT2D eigenvalue weighted by atomic mass is 9.85. The predicted octanol–water partition coefficient (Wildman–Crippen LogP) is 2.13. The van der Waals surface area contributed by atoms with Gasteiger partial charge in [-0.15, -0.1) is 0 Å². The van der Waals surface area contributed by atoms with E-state index in [1.165, 1.54) is 0 Å². The molecule has 1 rings (SSSR count).